The van der Waals surface area contributed by atoms with Crippen LogP contribution in [0.1, 0.15) is 30.9 Å². The van der Waals surface area contributed by atoms with Crippen molar-refractivity contribution >= 4 is 6.09 Å². The summed E-state index contributed by atoms with van der Waals surface area (Å²) in [7, 11) is 0. The lowest BCUT2D eigenvalue weighted by molar-refractivity contribution is 0.156. The highest BCUT2D eigenvalue weighted by atomic mass is 16.6. The minimum absolute atomic E-state index is 0.175. The lowest BCUT2D eigenvalue weighted by atomic mass is 10.0. The highest BCUT2D eigenvalue weighted by molar-refractivity contribution is 5.69. The molecule has 5 heteroatoms. The van der Waals surface area contributed by atoms with Crippen molar-refractivity contribution in [1.29, 1.82) is 0 Å². The van der Waals surface area contributed by atoms with Crippen molar-refractivity contribution in [2.45, 2.75) is 25.3 Å². The van der Waals surface area contributed by atoms with Gasteiger partial charge in [0.1, 0.15) is 12.4 Å². The Morgan fingerprint density at radius 1 is 1.19 bits per heavy atom. The summed E-state index contributed by atoms with van der Waals surface area (Å²) in [6, 6.07) is 7.97. The molecule has 0 aliphatic carbocycles. The molecule has 2 aliphatic rings. The number of hydrogen-bond donors (Lipinski definition) is 1. The number of carbonyl (C=O) groups is 1. The zero-order chi connectivity index (χ0) is 14.7. The van der Waals surface area contributed by atoms with Crippen LogP contribution in [-0.4, -0.2) is 53.8 Å². The molecule has 2 heterocycles. The van der Waals surface area contributed by atoms with Gasteiger partial charge in [-0.15, -0.1) is 0 Å². The van der Waals surface area contributed by atoms with E-state index in [0.29, 0.717) is 18.4 Å². The normalized spacial score (nSPS) is 22.8. The molecule has 0 saturated carbocycles. The van der Waals surface area contributed by atoms with Crippen LogP contribution in [0, 0.1) is 0 Å². The number of carbonyl (C=O) groups excluding carboxylic acids is 1. The van der Waals surface area contributed by atoms with Gasteiger partial charge in [-0.1, -0.05) is 12.1 Å². The van der Waals surface area contributed by atoms with E-state index in [9.17, 15) is 9.90 Å². The Bertz CT molecular complexity index is 489. The molecule has 2 saturated heterocycles. The molecule has 0 bridgehead atoms. The van der Waals surface area contributed by atoms with Crippen LogP contribution in [0.3, 0.4) is 0 Å². The maximum absolute atomic E-state index is 11.4. The summed E-state index contributed by atoms with van der Waals surface area (Å²) >= 11 is 0. The molecule has 1 amide bonds. The van der Waals surface area contributed by atoms with E-state index in [-0.39, 0.29) is 6.09 Å². The number of phenolic OH excluding ortho intramolecular Hbond substituents is 1. The van der Waals surface area contributed by atoms with Crippen molar-refractivity contribution < 1.29 is 14.6 Å². The topological polar surface area (TPSA) is 53.0 Å². The Labute approximate surface area is 125 Å². The number of rotatable bonds is 5. The van der Waals surface area contributed by atoms with Crippen molar-refractivity contribution in [3.8, 4) is 5.75 Å². The summed E-state index contributed by atoms with van der Waals surface area (Å²) in [5, 5.41) is 9.39. The molecule has 5 nitrogen and oxygen atoms in total. The summed E-state index contributed by atoms with van der Waals surface area (Å²) in [6.07, 6.45) is 3.17. The zero-order valence-corrected chi connectivity index (χ0v) is 12.2. The van der Waals surface area contributed by atoms with Gasteiger partial charge in [-0.05, 0) is 43.5 Å². The molecule has 0 aromatic heterocycles. The zero-order valence-electron chi connectivity index (χ0n) is 12.2. The van der Waals surface area contributed by atoms with Gasteiger partial charge in [-0.25, -0.2) is 4.79 Å². The predicted octanol–water partition coefficient (Wildman–Crippen LogP) is 2.37. The average Bonchev–Trinajstić information content (AvgIpc) is 3.10. The number of benzene rings is 1. The minimum atomic E-state index is -0.175. The van der Waals surface area contributed by atoms with Crippen molar-refractivity contribution in [2.75, 3.05) is 32.8 Å². The van der Waals surface area contributed by atoms with Gasteiger partial charge in [0.2, 0.25) is 0 Å². The average molecular weight is 290 g/mol. The van der Waals surface area contributed by atoms with Gasteiger partial charge in [0.25, 0.3) is 0 Å². The molecule has 21 heavy (non-hydrogen) atoms. The van der Waals surface area contributed by atoms with E-state index in [4.69, 9.17) is 4.74 Å². The quantitative estimate of drug-likeness (QED) is 0.904. The summed E-state index contributed by atoms with van der Waals surface area (Å²) in [4.78, 5) is 15.6. The van der Waals surface area contributed by atoms with E-state index < -0.39 is 0 Å². The Kier molecular flexibility index (Phi) is 4.29. The number of nitrogens with zero attached hydrogens (tertiary/aromatic N) is 2. The van der Waals surface area contributed by atoms with E-state index >= 15 is 0 Å². The second-order valence-electron chi connectivity index (χ2n) is 5.74. The summed E-state index contributed by atoms with van der Waals surface area (Å²) < 4.78 is 4.94. The van der Waals surface area contributed by atoms with E-state index in [1.54, 1.807) is 17.0 Å². The largest absolute Gasteiger partial charge is 0.508 e. The standard InChI is InChI=1S/C16H22N2O3/c19-14-6-4-13(5-7-14)15-3-1-8-17(15)9-2-10-18-11-12-21-16(18)20/h4-7,15,19H,1-3,8-12H2/t15-/m0/s1. The van der Waals surface area contributed by atoms with Crippen LogP contribution in [-0.2, 0) is 4.74 Å². The fraction of sp³-hybridized carbons (Fsp3) is 0.562. The monoisotopic (exact) mass is 290 g/mol. The van der Waals surface area contributed by atoms with Gasteiger partial charge in [0, 0.05) is 19.1 Å². The van der Waals surface area contributed by atoms with Crippen LogP contribution >= 0.6 is 0 Å². The Morgan fingerprint density at radius 3 is 2.71 bits per heavy atom. The van der Waals surface area contributed by atoms with E-state index in [1.165, 1.54) is 12.0 Å². The second kappa shape index (κ2) is 6.35. The first kappa shape index (κ1) is 14.2. The number of cyclic esters (lactones) is 1. The third-order valence-electron chi connectivity index (χ3n) is 4.36. The highest BCUT2D eigenvalue weighted by Gasteiger charge is 2.26. The summed E-state index contributed by atoms with van der Waals surface area (Å²) in [6.45, 7) is 4.13. The molecule has 1 aromatic rings. The number of phenols is 1. The van der Waals surface area contributed by atoms with Crippen LogP contribution in [0.5, 0.6) is 5.75 Å². The van der Waals surface area contributed by atoms with Crippen LogP contribution in [0.2, 0.25) is 0 Å². The Morgan fingerprint density at radius 2 is 2.00 bits per heavy atom. The first-order valence-electron chi connectivity index (χ1n) is 7.69. The first-order chi connectivity index (χ1) is 10.2. The molecule has 0 radical (unpaired) electrons. The van der Waals surface area contributed by atoms with Gasteiger partial charge in [-0.2, -0.15) is 0 Å². The van der Waals surface area contributed by atoms with Crippen molar-refractivity contribution in [2.24, 2.45) is 0 Å². The molecule has 1 aromatic carbocycles. The minimum Gasteiger partial charge on any atom is -0.508 e. The van der Waals surface area contributed by atoms with Crippen LogP contribution in [0.4, 0.5) is 4.79 Å². The molecule has 114 valence electrons. The van der Waals surface area contributed by atoms with Crippen LogP contribution < -0.4 is 0 Å². The van der Waals surface area contributed by atoms with Gasteiger partial charge in [0.05, 0.1) is 6.54 Å². The van der Waals surface area contributed by atoms with Crippen LogP contribution in [0.25, 0.3) is 0 Å². The molecular formula is C16H22N2O3. The Hall–Kier alpha value is -1.75. The molecular weight excluding hydrogens is 268 g/mol. The number of ether oxygens (including phenoxy) is 1. The number of amides is 1. The highest BCUT2D eigenvalue weighted by Crippen LogP contribution is 2.32. The van der Waals surface area contributed by atoms with Crippen molar-refractivity contribution in [1.82, 2.24) is 9.80 Å². The Balaban J connectivity index is 1.52. The molecule has 0 spiro atoms. The number of aromatic hydroxyl groups is 1. The van der Waals surface area contributed by atoms with Crippen molar-refractivity contribution in [3.63, 3.8) is 0 Å². The molecule has 2 fully saturated rings. The molecule has 1 N–H and O–H groups in total. The van der Waals surface area contributed by atoms with Crippen LogP contribution in [0.15, 0.2) is 24.3 Å². The SMILES string of the molecule is O=C1OCCN1CCCN1CCC[C@H]1c1ccc(O)cc1. The van der Waals surface area contributed by atoms with E-state index in [0.717, 1.165) is 39.0 Å². The van der Waals surface area contributed by atoms with E-state index in [1.807, 2.05) is 12.1 Å². The fourth-order valence-electron chi connectivity index (χ4n) is 3.26. The summed E-state index contributed by atoms with van der Waals surface area (Å²) in [5.74, 6) is 0.316. The molecule has 1 atom stereocenters. The maximum Gasteiger partial charge on any atom is 0.409 e. The second-order valence-corrected chi connectivity index (χ2v) is 5.74. The summed E-state index contributed by atoms with van der Waals surface area (Å²) in [5.41, 5.74) is 1.27. The third kappa shape index (κ3) is 3.29. The lowest BCUT2D eigenvalue weighted by Gasteiger charge is -2.25. The molecule has 3 rings (SSSR count). The third-order valence-corrected chi connectivity index (χ3v) is 4.36. The van der Waals surface area contributed by atoms with Gasteiger partial charge >= 0.3 is 6.09 Å². The smallest absolute Gasteiger partial charge is 0.409 e. The molecule has 2 aliphatic heterocycles. The lowest BCUT2D eigenvalue weighted by Crippen LogP contribution is -2.30. The fourth-order valence-corrected chi connectivity index (χ4v) is 3.26. The molecule has 0 unspecified atom stereocenters. The van der Waals surface area contributed by atoms with Crippen molar-refractivity contribution in [3.05, 3.63) is 29.8 Å². The maximum atomic E-state index is 11.4. The number of hydrogen-bond acceptors (Lipinski definition) is 4. The van der Waals surface area contributed by atoms with Gasteiger partial charge in [-0.3, -0.25) is 4.90 Å². The predicted molar refractivity (Wildman–Crippen MR) is 79.2 cm³/mol. The first-order valence-corrected chi connectivity index (χ1v) is 7.69. The van der Waals surface area contributed by atoms with Gasteiger partial charge < -0.3 is 14.7 Å². The van der Waals surface area contributed by atoms with Gasteiger partial charge in [0.15, 0.2) is 0 Å². The van der Waals surface area contributed by atoms with E-state index in [2.05, 4.69) is 4.90 Å². The number of likely N-dealkylation sites (tertiary alicyclic amines) is 1.